The molecule has 1 aliphatic heterocycles. The third kappa shape index (κ3) is 5.61. The van der Waals surface area contributed by atoms with Gasteiger partial charge < -0.3 is 20.0 Å². The van der Waals surface area contributed by atoms with E-state index < -0.39 is 5.97 Å². The van der Waals surface area contributed by atoms with Crippen LogP contribution < -0.4 is 4.90 Å². The van der Waals surface area contributed by atoms with Crippen LogP contribution in [-0.2, 0) is 9.63 Å². The molecule has 0 fully saturated rings. The fourth-order valence-corrected chi connectivity index (χ4v) is 3.47. The first kappa shape index (κ1) is 23.0. The minimum absolute atomic E-state index is 0.00961. The van der Waals surface area contributed by atoms with Crippen LogP contribution in [0, 0.1) is 0 Å². The molecular formula is C26H24N4O4. The number of benzene rings is 3. The fraction of sp³-hybridized carbons (Fsp3) is 0.154. The highest BCUT2D eigenvalue weighted by molar-refractivity contribution is 6.31. The van der Waals surface area contributed by atoms with Gasteiger partial charge in [0.1, 0.15) is 5.71 Å². The van der Waals surface area contributed by atoms with Crippen molar-refractivity contribution in [3.63, 3.8) is 0 Å². The van der Waals surface area contributed by atoms with Crippen LogP contribution in [0.5, 0.6) is 0 Å². The summed E-state index contributed by atoms with van der Waals surface area (Å²) in [6, 6.07) is 24.1. The standard InChI is InChI=1S/C26H24N4O4/c31-16-14-30(15-17-32)23-12-10-22(11-13-23)28-27-21-8-6-19(7-9-21)18-24-25(29-34-26(24)33)20-4-2-1-3-5-20/h1-13,18,31-32H,14-17H2/b24-18-,28-27?. The van der Waals surface area contributed by atoms with Crippen molar-refractivity contribution in [1.29, 1.82) is 0 Å². The normalized spacial score (nSPS) is 14.5. The van der Waals surface area contributed by atoms with Crippen molar-refractivity contribution in [1.82, 2.24) is 0 Å². The van der Waals surface area contributed by atoms with Gasteiger partial charge in [-0.05, 0) is 48.0 Å². The van der Waals surface area contributed by atoms with Crippen LogP contribution in [0.1, 0.15) is 11.1 Å². The monoisotopic (exact) mass is 456 g/mol. The van der Waals surface area contributed by atoms with Crippen LogP contribution in [0.2, 0.25) is 0 Å². The zero-order valence-corrected chi connectivity index (χ0v) is 18.4. The lowest BCUT2D eigenvalue weighted by atomic mass is 10.0. The molecule has 0 unspecified atom stereocenters. The molecule has 1 heterocycles. The average molecular weight is 457 g/mol. The number of oxime groups is 1. The van der Waals surface area contributed by atoms with Gasteiger partial charge in [-0.1, -0.05) is 47.6 Å². The molecule has 3 aromatic rings. The quantitative estimate of drug-likeness (QED) is 0.285. The molecule has 8 nitrogen and oxygen atoms in total. The molecule has 8 heteroatoms. The largest absolute Gasteiger partial charge is 0.395 e. The number of aliphatic hydroxyl groups excluding tert-OH is 2. The summed E-state index contributed by atoms with van der Waals surface area (Å²) in [5, 5.41) is 30.8. The predicted molar refractivity (Wildman–Crippen MR) is 130 cm³/mol. The van der Waals surface area contributed by atoms with Crippen LogP contribution in [0.25, 0.3) is 6.08 Å². The highest BCUT2D eigenvalue weighted by atomic mass is 16.7. The van der Waals surface area contributed by atoms with Crippen molar-refractivity contribution in [2.75, 3.05) is 31.2 Å². The highest BCUT2D eigenvalue weighted by Gasteiger charge is 2.26. The molecular weight excluding hydrogens is 432 g/mol. The topological polar surface area (TPSA) is 107 Å². The van der Waals surface area contributed by atoms with E-state index in [-0.39, 0.29) is 13.2 Å². The van der Waals surface area contributed by atoms with Crippen molar-refractivity contribution in [3.05, 3.63) is 95.6 Å². The van der Waals surface area contributed by atoms with E-state index in [0.717, 1.165) is 16.8 Å². The SMILES string of the molecule is O=C1ON=C(c2ccccc2)/C1=C/c1ccc(N=Nc2ccc(N(CCO)CCO)cc2)cc1. The fourth-order valence-electron chi connectivity index (χ4n) is 3.47. The number of hydrogen-bond donors (Lipinski definition) is 2. The summed E-state index contributed by atoms with van der Waals surface area (Å²) in [5.41, 5.74) is 4.77. The van der Waals surface area contributed by atoms with Crippen LogP contribution in [-0.4, -0.2) is 48.2 Å². The first-order valence-electron chi connectivity index (χ1n) is 10.8. The highest BCUT2D eigenvalue weighted by Crippen LogP contribution is 2.24. The molecule has 172 valence electrons. The summed E-state index contributed by atoms with van der Waals surface area (Å²) in [7, 11) is 0. The first-order valence-corrected chi connectivity index (χ1v) is 10.8. The molecule has 0 radical (unpaired) electrons. The van der Waals surface area contributed by atoms with E-state index in [2.05, 4.69) is 15.4 Å². The van der Waals surface area contributed by atoms with Crippen molar-refractivity contribution in [2.45, 2.75) is 0 Å². The van der Waals surface area contributed by atoms with E-state index in [1.807, 2.05) is 83.8 Å². The Morgan fingerprint density at radius 3 is 2.00 bits per heavy atom. The molecule has 0 bridgehead atoms. The number of azo groups is 1. The second-order valence-corrected chi connectivity index (χ2v) is 7.48. The van der Waals surface area contributed by atoms with Gasteiger partial charge in [0.15, 0.2) is 0 Å². The number of carbonyl (C=O) groups excluding carboxylic acids is 1. The molecule has 0 aliphatic carbocycles. The molecule has 0 saturated carbocycles. The third-order valence-corrected chi connectivity index (χ3v) is 5.18. The van der Waals surface area contributed by atoms with Crippen molar-refractivity contribution in [3.8, 4) is 0 Å². The molecule has 34 heavy (non-hydrogen) atoms. The molecule has 0 atom stereocenters. The maximum absolute atomic E-state index is 12.2. The van der Waals surface area contributed by atoms with E-state index in [1.165, 1.54) is 0 Å². The Morgan fingerprint density at radius 2 is 1.41 bits per heavy atom. The number of anilines is 1. The molecule has 0 spiro atoms. The minimum Gasteiger partial charge on any atom is -0.395 e. The van der Waals surface area contributed by atoms with E-state index in [0.29, 0.717) is 35.7 Å². The van der Waals surface area contributed by atoms with Gasteiger partial charge in [0.2, 0.25) is 0 Å². The van der Waals surface area contributed by atoms with Gasteiger partial charge in [-0.15, -0.1) is 0 Å². The van der Waals surface area contributed by atoms with E-state index in [9.17, 15) is 15.0 Å². The van der Waals surface area contributed by atoms with Crippen molar-refractivity contribution in [2.24, 2.45) is 15.4 Å². The van der Waals surface area contributed by atoms with Crippen LogP contribution in [0.3, 0.4) is 0 Å². The van der Waals surface area contributed by atoms with Crippen molar-refractivity contribution >= 4 is 34.8 Å². The number of hydrogen-bond acceptors (Lipinski definition) is 8. The molecule has 0 saturated heterocycles. The van der Waals surface area contributed by atoms with E-state index >= 15 is 0 Å². The summed E-state index contributed by atoms with van der Waals surface area (Å²) in [4.78, 5) is 18.9. The zero-order valence-electron chi connectivity index (χ0n) is 18.4. The summed E-state index contributed by atoms with van der Waals surface area (Å²) in [6.45, 7) is 0.909. The molecule has 0 amide bonds. The number of carbonyl (C=O) groups is 1. The number of aliphatic hydroxyl groups is 2. The lowest BCUT2D eigenvalue weighted by Gasteiger charge is -2.22. The first-order chi connectivity index (χ1) is 16.7. The van der Waals surface area contributed by atoms with Gasteiger partial charge in [-0.2, -0.15) is 10.2 Å². The van der Waals surface area contributed by atoms with E-state index in [4.69, 9.17) is 4.84 Å². The summed E-state index contributed by atoms with van der Waals surface area (Å²) >= 11 is 0. The maximum atomic E-state index is 12.2. The maximum Gasteiger partial charge on any atom is 0.368 e. The van der Waals surface area contributed by atoms with Crippen LogP contribution in [0.4, 0.5) is 17.1 Å². The summed E-state index contributed by atoms with van der Waals surface area (Å²) in [5.74, 6) is -0.484. The van der Waals surface area contributed by atoms with Crippen LogP contribution in [0.15, 0.2) is 99.8 Å². The van der Waals surface area contributed by atoms with Gasteiger partial charge in [0.05, 0.1) is 30.2 Å². The smallest absolute Gasteiger partial charge is 0.368 e. The van der Waals surface area contributed by atoms with E-state index in [1.54, 1.807) is 6.08 Å². The third-order valence-electron chi connectivity index (χ3n) is 5.18. The lowest BCUT2D eigenvalue weighted by molar-refractivity contribution is -0.136. The average Bonchev–Trinajstić information content (AvgIpc) is 3.24. The molecule has 4 rings (SSSR count). The molecule has 3 aromatic carbocycles. The number of nitrogens with zero attached hydrogens (tertiary/aromatic N) is 4. The Balaban J connectivity index is 1.45. The predicted octanol–water partition coefficient (Wildman–Crippen LogP) is 4.24. The Bertz CT molecular complexity index is 1200. The van der Waals surface area contributed by atoms with Crippen LogP contribution >= 0.6 is 0 Å². The Labute approximate surface area is 197 Å². The second-order valence-electron chi connectivity index (χ2n) is 7.48. The Hall–Kier alpha value is -4.14. The molecule has 2 N–H and O–H groups in total. The van der Waals surface area contributed by atoms with Gasteiger partial charge >= 0.3 is 5.97 Å². The number of rotatable bonds is 9. The summed E-state index contributed by atoms with van der Waals surface area (Å²) < 4.78 is 0. The Kier molecular flexibility index (Phi) is 7.54. The Morgan fingerprint density at radius 1 is 0.824 bits per heavy atom. The van der Waals surface area contributed by atoms with Gasteiger partial charge in [-0.3, -0.25) is 0 Å². The molecule has 0 aromatic heterocycles. The van der Waals surface area contributed by atoms with Crippen molar-refractivity contribution < 1.29 is 19.8 Å². The van der Waals surface area contributed by atoms with Gasteiger partial charge in [0, 0.05) is 24.3 Å². The lowest BCUT2D eigenvalue weighted by Crippen LogP contribution is -2.29. The minimum atomic E-state index is -0.484. The van der Waals surface area contributed by atoms with Gasteiger partial charge in [0.25, 0.3) is 0 Å². The summed E-state index contributed by atoms with van der Waals surface area (Å²) in [6.07, 6.45) is 1.74. The zero-order chi connectivity index (χ0) is 23.8. The van der Waals surface area contributed by atoms with Gasteiger partial charge in [-0.25, -0.2) is 4.79 Å². The molecule has 1 aliphatic rings. The second kappa shape index (κ2) is 11.1.